The summed E-state index contributed by atoms with van der Waals surface area (Å²) in [6.07, 6.45) is -4.71. The molecule has 0 saturated carbocycles. The molecule has 0 aliphatic carbocycles. The van der Waals surface area contributed by atoms with Gasteiger partial charge in [-0.25, -0.2) is 8.78 Å². The Balaban J connectivity index is 3.17. The average Bonchev–Trinajstić information content (AvgIpc) is 1.67. The van der Waals surface area contributed by atoms with E-state index in [4.69, 9.17) is 5.11 Å². The monoisotopic (exact) mass is 126 g/mol. The van der Waals surface area contributed by atoms with Crippen molar-refractivity contribution in [2.24, 2.45) is 0 Å². The van der Waals surface area contributed by atoms with Crippen molar-refractivity contribution in [2.75, 3.05) is 6.61 Å². The van der Waals surface area contributed by atoms with Gasteiger partial charge in [-0.05, 0) is 6.92 Å². The SMILES string of the molecule is CCO[C@@H](O)C(F)F. The van der Waals surface area contributed by atoms with Crippen molar-refractivity contribution >= 4 is 0 Å². The summed E-state index contributed by atoms with van der Waals surface area (Å²) in [5.74, 6) is 0. The molecule has 0 fully saturated rings. The van der Waals surface area contributed by atoms with Crippen LogP contribution in [0.2, 0.25) is 0 Å². The summed E-state index contributed by atoms with van der Waals surface area (Å²) in [5.41, 5.74) is 0. The molecule has 0 rings (SSSR count). The second-order valence-corrected chi connectivity index (χ2v) is 1.18. The van der Waals surface area contributed by atoms with Crippen molar-refractivity contribution in [3.05, 3.63) is 0 Å². The quantitative estimate of drug-likeness (QED) is 0.561. The van der Waals surface area contributed by atoms with Gasteiger partial charge in [-0.3, -0.25) is 0 Å². The van der Waals surface area contributed by atoms with Crippen LogP contribution in [0.15, 0.2) is 0 Å². The van der Waals surface area contributed by atoms with Crippen LogP contribution in [0.1, 0.15) is 6.92 Å². The number of halogens is 2. The molecule has 0 aliphatic heterocycles. The Hall–Kier alpha value is -0.220. The van der Waals surface area contributed by atoms with Gasteiger partial charge in [-0.1, -0.05) is 0 Å². The lowest BCUT2D eigenvalue weighted by Crippen LogP contribution is -2.20. The van der Waals surface area contributed by atoms with E-state index in [9.17, 15) is 8.78 Å². The maximum atomic E-state index is 11.2. The number of hydrogen-bond donors (Lipinski definition) is 1. The van der Waals surface area contributed by atoms with Crippen molar-refractivity contribution in [3.8, 4) is 0 Å². The minimum Gasteiger partial charge on any atom is -0.363 e. The second-order valence-electron chi connectivity index (χ2n) is 1.18. The number of rotatable bonds is 3. The minimum atomic E-state index is -2.80. The molecule has 0 aromatic rings. The van der Waals surface area contributed by atoms with Crippen LogP contribution in [0.3, 0.4) is 0 Å². The van der Waals surface area contributed by atoms with Gasteiger partial charge in [0.2, 0.25) is 6.29 Å². The first kappa shape index (κ1) is 7.78. The molecular formula is C4H8F2O2. The van der Waals surface area contributed by atoms with E-state index in [0.717, 1.165) is 0 Å². The van der Waals surface area contributed by atoms with Gasteiger partial charge in [-0.2, -0.15) is 0 Å². The maximum Gasteiger partial charge on any atom is 0.288 e. The van der Waals surface area contributed by atoms with Crippen molar-refractivity contribution < 1.29 is 18.6 Å². The van der Waals surface area contributed by atoms with Gasteiger partial charge in [0.1, 0.15) is 0 Å². The van der Waals surface area contributed by atoms with Crippen molar-refractivity contribution in [3.63, 3.8) is 0 Å². The Morgan fingerprint density at radius 3 is 2.25 bits per heavy atom. The predicted molar refractivity (Wildman–Crippen MR) is 23.6 cm³/mol. The number of ether oxygens (including phenoxy) is 1. The van der Waals surface area contributed by atoms with Gasteiger partial charge in [0.05, 0.1) is 0 Å². The summed E-state index contributed by atoms with van der Waals surface area (Å²) < 4.78 is 26.6. The first-order valence-electron chi connectivity index (χ1n) is 2.26. The van der Waals surface area contributed by atoms with Gasteiger partial charge in [0.15, 0.2) is 0 Å². The zero-order valence-electron chi connectivity index (χ0n) is 4.47. The second kappa shape index (κ2) is 3.74. The minimum absolute atomic E-state index is 0.103. The Bertz CT molecular complexity index is 58.0. The van der Waals surface area contributed by atoms with Crippen molar-refractivity contribution in [2.45, 2.75) is 19.6 Å². The number of aliphatic hydroxyl groups is 1. The van der Waals surface area contributed by atoms with Crippen LogP contribution in [0.4, 0.5) is 8.78 Å². The zero-order chi connectivity index (χ0) is 6.57. The zero-order valence-corrected chi connectivity index (χ0v) is 4.47. The molecule has 0 aromatic carbocycles. The summed E-state index contributed by atoms with van der Waals surface area (Å²) >= 11 is 0. The molecule has 0 amide bonds. The smallest absolute Gasteiger partial charge is 0.288 e. The highest BCUT2D eigenvalue weighted by molar-refractivity contribution is 4.39. The fraction of sp³-hybridized carbons (Fsp3) is 1.00. The molecule has 0 saturated heterocycles. The molecule has 50 valence electrons. The van der Waals surface area contributed by atoms with Crippen molar-refractivity contribution in [1.82, 2.24) is 0 Å². The van der Waals surface area contributed by atoms with E-state index in [0.29, 0.717) is 0 Å². The molecule has 8 heavy (non-hydrogen) atoms. The maximum absolute atomic E-state index is 11.2. The lowest BCUT2D eigenvalue weighted by Gasteiger charge is -2.06. The lowest BCUT2D eigenvalue weighted by molar-refractivity contribution is -0.172. The van der Waals surface area contributed by atoms with Crippen LogP contribution in [0, 0.1) is 0 Å². The Morgan fingerprint density at radius 1 is 1.62 bits per heavy atom. The molecule has 0 aromatic heterocycles. The fourth-order valence-corrected chi connectivity index (χ4v) is 0.243. The molecule has 0 bridgehead atoms. The third-order valence-corrected chi connectivity index (χ3v) is 0.553. The lowest BCUT2D eigenvalue weighted by atomic mass is 10.7. The van der Waals surface area contributed by atoms with E-state index in [1.807, 2.05) is 0 Å². The fourth-order valence-electron chi connectivity index (χ4n) is 0.243. The number of alkyl halides is 2. The van der Waals surface area contributed by atoms with E-state index in [2.05, 4.69) is 4.74 Å². The van der Waals surface area contributed by atoms with E-state index in [-0.39, 0.29) is 6.61 Å². The van der Waals surface area contributed by atoms with E-state index in [1.165, 1.54) is 6.92 Å². The predicted octanol–water partition coefficient (Wildman–Crippen LogP) is 0.606. The van der Waals surface area contributed by atoms with Crippen molar-refractivity contribution in [1.29, 1.82) is 0 Å². The van der Waals surface area contributed by atoms with Crippen LogP contribution >= 0.6 is 0 Å². The molecule has 0 aliphatic rings. The highest BCUT2D eigenvalue weighted by Crippen LogP contribution is 2.00. The Labute approximate surface area is 46.1 Å². The molecule has 4 heteroatoms. The molecule has 0 spiro atoms. The third kappa shape index (κ3) is 2.87. The Morgan fingerprint density at radius 2 is 2.12 bits per heavy atom. The molecule has 1 atom stereocenters. The standard InChI is InChI=1S/C4H8F2O2/c1-2-8-4(7)3(5)6/h3-4,7H,2H2,1H3/t4-/m1/s1. The van der Waals surface area contributed by atoms with Gasteiger partial charge in [0, 0.05) is 6.61 Å². The van der Waals surface area contributed by atoms with E-state index in [1.54, 1.807) is 0 Å². The van der Waals surface area contributed by atoms with E-state index >= 15 is 0 Å². The first-order chi connectivity index (χ1) is 3.68. The topological polar surface area (TPSA) is 29.5 Å². The Kier molecular flexibility index (Phi) is 3.64. The summed E-state index contributed by atoms with van der Waals surface area (Å²) in [7, 11) is 0. The molecule has 1 N–H and O–H groups in total. The number of hydrogen-bond acceptors (Lipinski definition) is 2. The van der Waals surface area contributed by atoms with Crippen LogP contribution < -0.4 is 0 Å². The largest absolute Gasteiger partial charge is 0.363 e. The normalized spacial score (nSPS) is 14.6. The van der Waals surface area contributed by atoms with Crippen LogP contribution in [0.5, 0.6) is 0 Å². The van der Waals surface area contributed by atoms with Gasteiger partial charge in [-0.15, -0.1) is 0 Å². The third-order valence-electron chi connectivity index (χ3n) is 0.553. The average molecular weight is 126 g/mol. The van der Waals surface area contributed by atoms with Gasteiger partial charge >= 0.3 is 0 Å². The van der Waals surface area contributed by atoms with Crippen LogP contribution in [0.25, 0.3) is 0 Å². The summed E-state index contributed by atoms with van der Waals surface area (Å²) in [5, 5.41) is 8.15. The van der Waals surface area contributed by atoms with Crippen LogP contribution in [-0.2, 0) is 4.74 Å². The van der Waals surface area contributed by atoms with Crippen LogP contribution in [-0.4, -0.2) is 24.4 Å². The summed E-state index contributed by atoms with van der Waals surface area (Å²) in [6.45, 7) is 1.64. The molecule has 0 unspecified atom stereocenters. The molecule has 0 heterocycles. The molecule has 2 nitrogen and oxygen atoms in total. The molecular weight excluding hydrogens is 118 g/mol. The van der Waals surface area contributed by atoms with Gasteiger partial charge in [0.25, 0.3) is 6.43 Å². The summed E-state index contributed by atoms with van der Waals surface area (Å²) in [6, 6.07) is 0. The summed E-state index contributed by atoms with van der Waals surface area (Å²) in [4.78, 5) is 0. The van der Waals surface area contributed by atoms with Gasteiger partial charge < -0.3 is 9.84 Å². The molecule has 0 radical (unpaired) electrons. The first-order valence-corrected chi connectivity index (χ1v) is 2.26. The highest BCUT2D eigenvalue weighted by atomic mass is 19.3. The number of aliphatic hydroxyl groups excluding tert-OH is 1. The van der Waals surface area contributed by atoms with E-state index < -0.39 is 12.7 Å². The highest BCUT2D eigenvalue weighted by Gasteiger charge is 2.15.